The predicted octanol–water partition coefficient (Wildman–Crippen LogP) is 2.01. The first-order valence-electron chi connectivity index (χ1n) is 5.22. The zero-order chi connectivity index (χ0) is 12.6. The molecule has 0 aliphatic rings. The van der Waals surface area contributed by atoms with E-state index in [1.54, 1.807) is 39.8 Å². The van der Waals surface area contributed by atoms with Crippen molar-refractivity contribution in [3.63, 3.8) is 0 Å². The van der Waals surface area contributed by atoms with Crippen LogP contribution in [0.5, 0.6) is 0 Å². The van der Waals surface area contributed by atoms with Crippen LogP contribution in [-0.4, -0.2) is 25.2 Å². The fourth-order valence-electron chi connectivity index (χ4n) is 0.876. The highest BCUT2D eigenvalue weighted by Crippen LogP contribution is 2.02. The monoisotopic (exact) mass is 226 g/mol. The number of allylic oxidation sites excluding steroid dienone is 2. The smallest absolute Gasteiger partial charge is 0.333 e. The lowest BCUT2D eigenvalue weighted by Crippen LogP contribution is -2.06. The largest absolute Gasteiger partial charge is 0.463 e. The van der Waals surface area contributed by atoms with Gasteiger partial charge in [-0.25, -0.2) is 9.59 Å². The number of rotatable bonds is 5. The Labute approximate surface area is 95.9 Å². The molecular weight excluding hydrogens is 208 g/mol. The van der Waals surface area contributed by atoms with Crippen LogP contribution in [0.4, 0.5) is 0 Å². The third-order valence-corrected chi connectivity index (χ3v) is 1.78. The molecule has 0 aliphatic carbocycles. The minimum Gasteiger partial charge on any atom is -0.463 e. The standard InChI is InChI=1S/C12H18O4/c1-5-15-11(13)9(3)7-8-10(4)12(14)16-6-2/h7-8H,5-6H2,1-4H3/b9-7+,10-8+. The van der Waals surface area contributed by atoms with Gasteiger partial charge in [-0.2, -0.15) is 0 Å². The molecular formula is C12H18O4. The van der Waals surface area contributed by atoms with Gasteiger partial charge in [0, 0.05) is 11.1 Å². The van der Waals surface area contributed by atoms with Gasteiger partial charge in [-0.15, -0.1) is 0 Å². The molecule has 0 atom stereocenters. The van der Waals surface area contributed by atoms with Crippen LogP contribution in [0.2, 0.25) is 0 Å². The summed E-state index contributed by atoms with van der Waals surface area (Å²) in [4.78, 5) is 22.4. The summed E-state index contributed by atoms with van der Waals surface area (Å²) in [6.45, 7) is 7.42. The molecule has 0 bridgehead atoms. The molecule has 16 heavy (non-hydrogen) atoms. The second-order valence-electron chi connectivity index (χ2n) is 3.14. The van der Waals surface area contributed by atoms with Crippen molar-refractivity contribution in [2.24, 2.45) is 0 Å². The van der Waals surface area contributed by atoms with Gasteiger partial charge in [0.1, 0.15) is 0 Å². The Morgan fingerprint density at radius 3 is 1.44 bits per heavy atom. The quantitative estimate of drug-likeness (QED) is 0.409. The van der Waals surface area contributed by atoms with E-state index in [4.69, 9.17) is 9.47 Å². The van der Waals surface area contributed by atoms with E-state index < -0.39 is 0 Å². The van der Waals surface area contributed by atoms with Crippen LogP contribution in [0, 0.1) is 0 Å². The fraction of sp³-hybridized carbons (Fsp3) is 0.500. The van der Waals surface area contributed by atoms with Crippen molar-refractivity contribution in [1.29, 1.82) is 0 Å². The molecule has 0 fully saturated rings. The highest BCUT2D eigenvalue weighted by atomic mass is 16.5. The Kier molecular flexibility index (Phi) is 6.92. The molecule has 0 saturated carbocycles. The van der Waals surface area contributed by atoms with Gasteiger partial charge in [-0.05, 0) is 27.7 Å². The Bertz CT molecular complexity index is 281. The van der Waals surface area contributed by atoms with Crippen LogP contribution >= 0.6 is 0 Å². The van der Waals surface area contributed by atoms with Crippen LogP contribution in [0.25, 0.3) is 0 Å². The third kappa shape index (κ3) is 5.34. The first kappa shape index (κ1) is 14.4. The lowest BCUT2D eigenvalue weighted by atomic mass is 10.2. The van der Waals surface area contributed by atoms with E-state index in [9.17, 15) is 9.59 Å². The Morgan fingerprint density at radius 1 is 0.875 bits per heavy atom. The molecule has 0 spiro atoms. The maximum Gasteiger partial charge on any atom is 0.333 e. The van der Waals surface area contributed by atoms with Crippen molar-refractivity contribution in [3.05, 3.63) is 23.3 Å². The van der Waals surface area contributed by atoms with Gasteiger partial charge >= 0.3 is 11.9 Å². The molecule has 0 saturated heterocycles. The normalized spacial score (nSPS) is 12.2. The van der Waals surface area contributed by atoms with Crippen LogP contribution in [0.3, 0.4) is 0 Å². The molecule has 90 valence electrons. The van der Waals surface area contributed by atoms with Gasteiger partial charge in [-0.1, -0.05) is 12.2 Å². The van der Waals surface area contributed by atoms with Crippen LogP contribution in [0.15, 0.2) is 23.3 Å². The van der Waals surface area contributed by atoms with Crippen molar-refractivity contribution in [2.75, 3.05) is 13.2 Å². The minimum absolute atomic E-state index is 0.338. The second kappa shape index (κ2) is 7.68. The summed E-state index contributed by atoms with van der Waals surface area (Å²) in [5, 5.41) is 0. The summed E-state index contributed by atoms with van der Waals surface area (Å²) in [5.41, 5.74) is 0.899. The Hall–Kier alpha value is -1.58. The maximum absolute atomic E-state index is 11.2. The summed E-state index contributed by atoms with van der Waals surface area (Å²) < 4.78 is 9.58. The van der Waals surface area contributed by atoms with E-state index >= 15 is 0 Å². The van der Waals surface area contributed by atoms with Crippen LogP contribution in [0.1, 0.15) is 27.7 Å². The van der Waals surface area contributed by atoms with Crippen LogP contribution < -0.4 is 0 Å². The first-order valence-corrected chi connectivity index (χ1v) is 5.22. The molecule has 0 N–H and O–H groups in total. The third-order valence-electron chi connectivity index (χ3n) is 1.78. The molecule has 4 heteroatoms. The lowest BCUT2D eigenvalue weighted by molar-refractivity contribution is -0.139. The van der Waals surface area contributed by atoms with E-state index in [1.165, 1.54) is 0 Å². The van der Waals surface area contributed by atoms with E-state index in [0.717, 1.165) is 0 Å². The molecule has 0 aromatic heterocycles. The summed E-state index contributed by atoms with van der Waals surface area (Å²) in [6.07, 6.45) is 3.09. The number of carbonyl (C=O) groups excluding carboxylic acids is 2. The summed E-state index contributed by atoms with van der Waals surface area (Å²) in [7, 11) is 0. The van der Waals surface area contributed by atoms with Gasteiger partial charge in [0.05, 0.1) is 13.2 Å². The number of ether oxygens (including phenoxy) is 2. The van der Waals surface area contributed by atoms with Crippen molar-refractivity contribution < 1.29 is 19.1 Å². The van der Waals surface area contributed by atoms with Gasteiger partial charge in [0.25, 0.3) is 0 Å². The molecule has 0 aromatic rings. The highest BCUT2D eigenvalue weighted by molar-refractivity contribution is 5.90. The second-order valence-corrected chi connectivity index (χ2v) is 3.14. The molecule has 0 heterocycles. The fourth-order valence-corrected chi connectivity index (χ4v) is 0.876. The highest BCUT2D eigenvalue weighted by Gasteiger charge is 2.05. The SMILES string of the molecule is CCOC(=O)/C(C)=C/C=C(\C)C(=O)OCC. The maximum atomic E-state index is 11.2. The Balaban J connectivity index is 4.48. The van der Waals surface area contributed by atoms with E-state index in [0.29, 0.717) is 24.4 Å². The van der Waals surface area contributed by atoms with Gasteiger partial charge < -0.3 is 9.47 Å². The number of hydrogen-bond donors (Lipinski definition) is 0. The van der Waals surface area contributed by atoms with Gasteiger partial charge in [0.2, 0.25) is 0 Å². The molecule has 0 aromatic carbocycles. The molecule has 0 unspecified atom stereocenters. The number of hydrogen-bond acceptors (Lipinski definition) is 4. The van der Waals surface area contributed by atoms with Crippen molar-refractivity contribution in [1.82, 2.24) is 0 Å². The first-order chi connectivity index (χ1) is 7.52. The topological polar surface area (TPSA) is 52.6 Å². The molecule has 4 nitrogen and oxygen atoms in total. The Morgan fingerprint density at radius 2 is 1.19 bits per heavy atom. The zero-order valence-electron chi connectivity index (χ0n) is 10.2. The molecule has 0 rings (SSSR count). The van der Waals surface area contributed by atoms with E-state index in [1.807, 2.05) is 0 Å². The summed E-state index contributed by atoms with van der Waals surface area (Å²) >= 11 is 0. The molecule has 0 aliphatic heterocycles. The van der Waals surface area contributed by atoms with E-state index in [-0.39, 0.29) is 11.9 Å². The van der Waals surface area contributed by atoms with Crippen molar-refractivity contribution in [3.8, 4) is 0 Å². The number of carbonyl (C=O) groups is 2. The number of esters is 2. The minimum atomic E-state index is -0.379. The summed E-state index contributed by atoms with van der Waals surface area (Å²) in [6, 6.07) is 0. The zero-order valence-corrected chi connectivity index (χ0v) is 10.2. The summed E-state index contributed by atoms with van der Waals surface area (Å²) in [5.74, 6) is -0.759. The van der Waals surface area contributed by atoms with Crippen LogP contribution in [-0.2, 0) is 19.1 Å². The van der Waals surface area contributed by atoms with Crippen molar-refractivity contribution in [2.45, 2.75) is 27.7 Å². The molecule has 0 radical (unpaired) electrons. The van der Waals surface area contributed by atoms with Gasteiger partial charge in [0.15, 0.2) is 0 Å². The average Bonchev–Trinajstić information content (AvgIpc) is 2.25. The molecule has 0 amide bonds. The lowest BCUT2D eigenvalue weighted by Gasteiger charge is -2.01. The van der Waals surface area contributed by atoms with Crippen molar-refractivity contribution >= 4 is 11.9 Å². The van der Waals surface area contributed by atoms with Gasteiger partial charge in [-0.3, -0.25) is 0 Å². The van der Waals surface area contributed by atoms with E-state index in [2.05, 4.69) is 0 Å². The average molecular weight is 226 g/mol. The predicted molar refractivity (Wildman–Crippen MR) is 60.8 cm³/mol.